The molecule has 2 fully saturated rings. The summed E-state index contributed by atoms with van der Waals surface area (Å²) in [6.07, 6.45) is 6.12. The van der Waals surface area contributed by atoms with Crippen LogP contribution in [0.3, 0.4) is 0 Å². The van der Waals surface area contributed by atoms with Crippen molar-refractivity contribution in [3.05, 3.63) is 55.1 Å². The molecule has 0 bridgehead atoms. The van der Waals surface area contributed by atoms with Gasteiger partial charge in [-0.05, 0) is 30.4 Å². The minimum atomic E-state index is -0.385. The van der Waals surface area contributed by atoms with Gasteiger partial charge in [0.25, 0.3) is 0 Å². The highest BCUT2D eigenvalue weighted by Gasteiger charge is 2.57. The standard InChI is InChI=1S/C20H21NO4/c1-3-14-12-15(8-7-11-25-13(2)22)18-17(14)19(23)21(20(18)24)16-9-5-4-6-10-16/h3-10,14-15,17-18H,1,11-12H2,2H3/t14-,15+,17+,18-/m0/s1. The normalized spacial score (nSPS) is 28.4. The van der Waals surface area contributed by atoms with Crippen LogP contribution in [0.5, 0.6) is 0 Å². The van der Waals surface area contributed by atoms with Gasteiger partial charge < -0.3 is 4.74 Å². The van der Waals surface area contributed by atoms with Crippen LogP contribution in [-0.4, -0.2) is 24.4 Å². The summed E-state index contributed by atoms with van der Waals surface area (Å²) in [5.41, 5.74) is 0.609. The zero-order valence-electron chi connectivity index (χ0n) is 14.1. The number of fused-ring (bicyclic) bond motifs is 1. The smallest absolute Gasteiger partial charge is 0.302 e. The minimum Gasteiger partial charge on any atom is -0.462 e. The number of carbonyl (C=O) groups excluding carboxylic acids is 3. The van der Waals surface area contributed by atoms with Crippen molar-refractivity contribution in [2.24, 2.45) is 23.7 Å². The van der Waals surface area contributed by atoms with Gasteiger partial charge in [-0.3, -0.25) is 19.3 Å². The molecule has 1 heterocycles. The number of hydrogen-bond donors (Lipinski definition) is 0. The lowest BCUT2D eigenvalue weighted by atomic mass is 9.89. The Bertz CT molecular complexity index is 724. The largest absolute Gasteiger partial charge is 0.462 e. The monoisotopic (exact) mass is 339 g/mol. The van der Waals surface area contributed by atoms with E-state index in [1.165, 1.54) is 11.8 Å². The molecule has 0 spiro atoms. The Labute approximate surface area is 147 Å². The molecule has 1 saturated carbocycles. The van der Waals surface area contributed by atoms with Gasteiger partial charge in [0.05, 0.1) is 17.5 Å². The second-order valence-corrected chi connectivity index (χ2v) is 6.43. The molecule has 1 aliphatic heterocycles. The van der Waals surface area contributed by atoms with Gasteiger partial charge in [-0.15, -0.1) is 6.58 Å². The molecule has 2 aliphatic rings. The second-order valence-electron chi connectivity index (χ2n) is 6.43. The Morgan fingerprint density at radius 2 is 1.84 bits per heavy atom. The van der Waals surface area contributed by atoms with Crippen LogP contribution in [0.1, 0.15) is 13.3 Å². The summed E-state index contributed by atoms with van der Waals surface area (Å²) in [7, 11) is 0. The molecule has 1 aromatic carbocycles. The number of esters is 1. The van der Waals surface area contributed by atoms with Gasteiger partial charge in [0.1, 0.15) is 6.61 Å². The Kier molecular flexibility index (Phi) is 4.83. The Balaban J connectivity index is 1.84. The van der Waals surface area contributed by atoms with Crippen LogP contribution in [0.15, 0.2) is 55.1 Å². The molecular formula is C20H21NO4. The number of para-hydroxylation sites is 1. The summed E-state index contributed by atoms with van der Waals surface area (Å²) >= 11 is 0. The highest BCUT2D eigenvalue weighted by molar-refractivity contribution is 6.22. The molecule has 0 aromatic heterocycles. The second kappa shape index (κ2) is 7.05. The van der Waals surface area contributed by atoms with Crippen molar-refractivity contribution in [1.82, 2.24) is 0 Å². The molecule has 0 unspecified atom stereocenters. The SMILES string of the molecule is C=C[C@H]1C[C@@H](C=CCOC(C)=O)[C@@H]2C(=O)N(c3ccccc3)C(=O)[C@@H]21. The Morgan fingerprint density at radius 1 is 1.20 bits per heavy atom. The van der Waals surface area contributed by atoms with E-state index in [9.17, 15) is 14.4 Å². The van der Waals surface area contributed by atoms with Crippen LogP contribution in [0.25, 0.3) is 0 Å². The van der Waals surface area contributed by atoms with Crippen LogP contribution < -0.4 is 4.90 Å². The molecule has 5 nitrogen and oxygen atoms in total. The van der Waals surface area contributed by atoms with Gasteiger partial charge in [-0.25, -0.2) is 0 Å². The van der Waals surface area contributed by atoms with Crippen molar-refractivity contribution in [1.29, 1.82) is 0 Å². The molecule has 4 atom stereocenters. The number of imide groups is 1. The van der Waals surface area contributed by atoms with Crippen LogP contribution in [-0.2, 0) is 19.1 Å². The van der Waals surface area contributed by atoms with E-state index in [4.69, 9.17) is 4.74 Å². The topological polar surface area (TPSA) is 63.7 Å². The minimum absolute atomic E-state index is 0.0291. The number of allylic oxidation sites excluding steroid dienone is 2. The van der Waals surface area contributed by atoms with E-state index in [1.54, 1.807) is 24.3 Å². The van der Waals surface area contributed by atoms with Crippen molar-refractivity contribution in [3.8, 4) is 0 Å². The lowest BCUT2D eigenvalue weighted by Gasteiger charge is -2.18. The predicted octanol–water partition coefficient (Wildman–Crippen LogP) is 2.73. The van der Waals surface area contributed by atoms with Crippen molar-refractivity contribution in [3.63, 3.8) is 0 Å². The zero-order chi connectivity index (χ0) is 18.0. The number of ether oxygens (including phenoxy) is 1. The Hall–Kier alpha value is -2.69. The molecule has 0 radical (unpaired) electrons. The molecule has 1 saturated heterocycles. The number of nitrogens with zero attached hydrogens (tertiary/aromatic N) is 1. The van der Waals surface area contributed by atoms with Gasteiger partial charge in [0.15, 0.2) is 0 Å². The lowest BCUT2D eigenvalue weighted by molar-refractivity contribution is -0.139. The third kappa shape index (κ3) is 3.14. The summed E-state index contributed by atoms with van der Waals surface area (Å²) in [5, 5.41) is 0. The quantitative estimate of drug-likeness (QED) is 0.470. The first-order valence-electron chi connectivity index (χ1n) is 8.40. The number of anilines is 1. The highest BCUT2D eigenvalue weighted by atomic mass is 16.5. The number of rotatable bonds is 5. The third-order valence-electron chi connectivity index (χ3n) is 4.95. The molecule has 130 valence electrons. The number of benzene rings is 1. The van der Waals surface area contributed by atoms with E-state index in [2.05, 4.69) is 6.58 Å². The van der Waals surface area contributed by atoms with E-state index in [0.717, 1.165) is 0 Å². The first kappa shape index (κ1) is 17.1. The molecule has 1 aliphatic carbocycles. The first-order chi connectivity index (χ1) is 12.0. The average Bonchev–Trinajstić information content (AvgIpc) is 3.09. The maximum absolute atomic E-state index is 13.0. The maximum atomic E-state index is 13.0. The maximum Gasteiger partial charge on any atom is 0.302 e. The summed E-state index contributed by atoms with van der Waals surface area (Å²) in [6, 6.07) is 9.01. The summed E-state index contributed by atoms with van der Waals surface area (Å²) in [6.45, 7) is 5.36. The van der Waals surface area contributed by atoms with Crippen molar-refractivity contribution in [2.45, 2.75) is 13.3 Å². The Morgan fingerprint density at radius 3 is 2.44 bits per heavy atom. The summed E-state index contributed by atoms with van der Waals surface area (Å²) in [5.74, 6) is -1.50. The molecule has 3 rings (SSSR count). The van der Waals surface area contributed by atoms with Crippen LogP contribution in [0, 0.1) is 23.7 Å². The number of hydrogen-bond acceptors (Lipinski definition) is 4. The van der Waals surface area contributed by atoms with Crippen LogP contribution in [0.2, 0.25) is 0 Å². The lowest BCUT2D eigenvalue weighted by Crippen LogP contribution is -2.33. The zero-order valence-corrected chi connectivity index (χ0v) is 14.1. The van der Waals surface area contributed by atoms with Gasteiger partial charge in [-0.2, -0.15) is 0 Å². The fourth-order valence-electron chi connectivity index (χ4n) is 3.89. The summed E-state index contributed by atoms with van der Waals surface area (Å²) < 4.78 is 4.90. The van der Waals surface area contributed by atoms with Crippen molar-refractivity contribution < 1.29 is 19.1 Å². The van der Waals surface area contributed by atoms with Gasteiger partial charge >= 0.3 is 5.97 Å². The van der Waals surface area contributed by atoms with Crippen molar-refractivity contribution in [2.75, 3.05) is 11.5 Å². The van der Waals surface area contributed by atoms with Crippen molar-refractivity contribution >= 4 is 23.5 Å². The van der Waals surface area contributed by atoms with Gasteiger partial charge in [0.2, 0.25) is 11.8 Å². The van der Waals surface area contributed by atoms with Gasteiger partial charge in [-0.1, -0.05) is 36.4 Å². The number of carbonyl (C=O) groups is 3. The van der Waals surface area contributed by atoms with Crippen LogP contribution >= 0.6 is 0 Å². The molecule has 1 aromatic rings. The van der Waals surface area contributed by atoms with Gasteiger partial charge in [0, 0.05) is 6.92 Å². The van der Waals surface area contributed by atoms with E-state index < -0.39 is 0 Å². The van der Waals surface area contributed by atoms with E-state index in [-0.39, 0.29) is 48.1 Å². The molecule has 2 amide bonds. The molecule has 0 N–H and O–H groups in total. The fourth-order valence-corrected chi connectivity index (χ4v) is 3.89. The van der Waals surface area contributed by atoms with E-state index in [0.29, 0.717) is 12.1 Å². The fraction of sp³-hybridized carbons (Fsp3) is 0.350. The average molecular weight is 339 g/mol. The van der Waals surface area contributed by atoms with Crippen LogP contribution in [0.4, 0.5) is 5.69 Å². The molecular weight excluding hydrogens is 318 g/mol. The summed E-state index contributed by atoms with van der Waals surface area (Å²) in [4.78, 5) is 38.0. The molecule has 5 heteroatoms. The number of amides is 2. The molecule has 25 heavy (non-hydrogen) atoms. The van der Waals surface area contributed by atoms with E-state index >= 15 is 0 Å². The predicted molar refractivity (Wildman–Crippen MR) is 93.5 cm³/mol. The highest BCUT2D eigenvalue weighted by Crippen LogP contribution is 2.49. The first-order valence-corrected chi connectivity index (χ1v) is 8.40. The van der Waals surface area contributed by atoms with E-state index in [1.807, 2.05) is 24.3 Å². The third-order valence-corrected chi connectivity index (χ3v) is 4.95.